The number of carbonyl (C=O) groups excluding carboxylic acids is 2. The number of furan rings is 1. The summed E-state index contributed by atoms with van der Waals surface area (Å²) in [5.41, 5.74) is 0.893. The van der Waals surface area contributed by atoms with E-state index in [1.807, 2.05) is 0 Å². The summed E-state index contributed by atoms with van der Waals surface area (Å²) in [7, 11) is -3.52. The van der Waals surface area contributed by atoms with Crippen LogP contribution in [0.3, 0.4) is 0 Å². The van der Waals surface area contributed by atoms with Crippen molar-refractivity contribution in [3.05, 3.63) is 53.1 Å². The van der Waals surface area contributed by atoms with Gasteiger partial charge in [-0.2, -0.15) is 4.31 Å². The molecule has 0 spiro atoms. The minimum atomic E-state index is -3.52. The number of rotatable bonds is 7. The largest absolute Gasteiger partial charge is 0.458 e. The molecule has 3 aromatic rings. The predicted molar refractivity (Wildman–Crippen MR) is 120 cm³/mol. The molecule has 0 atom stereocenters. The second-order valence-electron chi connectivity index (χ2n) is 7.30. The average Bonchev–Trinajstić information content (AvgIpc) is 3.54. The van der Waals surface area contributed by atoms with E-state index in [9.17, 15) is 18.0 Å². The van der Waals surface area contributed by atoms with Crippen LogP contribution in [0, 0.1) is 0 Å². The summed E-state index contributed by atoms with van der Waals surface area (Å²) in [5, 5.41) is 7.52. The van der Waals surface area contributed by atoms with Crippen molar-refractivity contribution in [2.24, 2.45) is 0 Å². The predicted octanol–water partition coefficient (Wildman–Crippen LogP) is 3.08. The molecule has 0 saturated carbocycles. The molecule has 32 heavy (non-hydrogen) atoms. The van der Waals surface area contributed by atoms with E-state index in [2.05, 4.69) is 15.6 Å². The number of carbonyl (C=O) groups is 2. The molecule has 9 nitrogen and oxygen atoms in total. The maximum atomic E-state index is 12.6. The van der Waals surface area contributed by atoms with E-state index < -0.39 is 10.0 Å². The fourth-order valence-corrected chi connectivity index (χ4v) is 5.50. The van der Waals surface area contributed by atoms with E-state index in [0.717, 1.165) is 12.8 Å². The Morgan fingerprint density at radius 2 is 1.84 bits per heavy atom. The Morgan fingerprint density at radius 1 is 1.12 bits per heavy atom. The van der Waals surface area contributed by atoms with Gasteiger partial charge in [-0.15, -0.1) is 11.3 Å². The monoisotopic (exact) mass is 474 g/mol. The Kier molecular flexibility index (Phi) is 6.40. The highest BCUT2D eigenvalue weighted by Crippen LogP contribution is 2.27. The molecular formula is C21H22N4O5S2. The normalized spacial score (nSPS) is 14.4. The molecular weight excluding hydrogens is 452 g/mol. The van der Waals surface area contributed by atoms with Crippen molar-refractivity contribution in [1.29, 1.82) is 0 Å². The summed E-state index contributed by atoms with van der Waals surface area (Å²) in [5.74, 6) is 0.585. The lowest BCUT2D eigenvalue weighted by Crippen LogP contribution is -2.27. The van der Waals surface area contributed by atoms with Crippen LogP contribution >= 0.6 is 11.3 Å². The lowest BCUT2D eigenvalue weighted by Gasteiger charge is -2.15. The fourth-order valence-electron chi connectivity index (χ4n) is 3.29. The Balaban J connectivity index is 1.40. The zero-order valence-corrected chi connectivity index (χ0v) is 19.0. The molecule has 1 aromatic carbocycles. The van der Waals surface area contributed by atoms with E-state index in [0.29, 0.717) is 41.0 Å². The molecule has 11 heteroatoms. The van der Waals surface area contributed by atoms with Gasteiger partial charge in [0.25, 0.3) is 5.91 Å². The van der Waals surface area contributed by atoms with Gasteiger partial charge >= 0.3 is 0 Å². The van der Waals surface area contributed by atoms with Crippen LogP contribution in [0.15, 0.2) is 51.1 Å². The number of hydrogen-bond acceptors (Lipinski definition) is 7. The van der Waals surface area contributed by atoms with Crippen LogP contribution in [0.2, 0.25) is 0 Å². The van der Waals surface area contributed by atoms with E-state index in [-0.39, 0.29) is 23.3 Å². The Bertz CT molecular complexity index is 1230. The first kappa shape index (κ1) is 22.2. The van der Waals surface area contributed by atoms with Crippen LogP contribution in [0.4, 0.5) is 5.13 Å². The summed E-state index contributed by atoms with van der Waals surface area (Å²) in [6.07, 6.45) is 1.73. The molecule has 1 fully saturated rings. The Morgan fingerprint density at radius 3 is 2.53 bits per heavy atom. The number of thiazole rings is 1. The highest BCUT2D eigenvalue weighted by atomic mass is 32.2. The molecule has 1 aliphatic heterocycles. The standard InChI is InChI=1S/C21H22N4O5S2/c1-14(26)22-12-16-6-9-19(30-16)18-13-31-21(23-18)24-20(27)15-4-7-17(8-5-15)32(28,29)25-10-2-3-11-25/h4-9,13H,2-3,10-12H2,1H3,(H,22,26)(H,23,24,27). The summed E-state index contributed by atoms with van der Waals surface area (Å²) in [6.45, 7) is 2.77. The number of nitrogens with zero attached hydrogens (tertiary/aromatic N) is 2. The first-order valence-electron chi connectivity index (χ1n) is 10.0. The van der Waals surface area contributed by atoms with Gasteiger partial charge in [-0.3, -0.25) is 14.9 Å². The van der Waals surface area contributed by atoms with Crippen LogP contribution in [-0.2, 0) is 21.4 Å². The van der Waals surface area contributed by atoms with Crippen LogP contribution in [0.25, 0.3) is 11.5 Å². The molecule has 0 bridgehead atoms. The summed E-state index contributed by atoms with van der Waals surface area (Å²) in [6, 6.07) is 9.39. The van der Waals surface area contributed by atoms with E-state index >= 15 is 0 Å². The summed E-state index contributed by atoms with van der Waals surface area (Å²) >= 11 is 1.24. The highest BCUT2D eigenvalue weighted by Gasteiger charge is 2.27. The van der Waals surface area contributed by atoms with Gasteiger partial charge in [0.1, 0.15) is 11.5 Å². The van der Waals surface area contributed by atoms with Crippen molar-refractivity contribution in [3.8, 4) is 11.5 Å². The van der Waals surface area contributed by atoms with Crippen LogP contribution in [-0.4, -0.2) is 42.6 Å². The quantitative estimate of drug-likeness (QED) is 0.543. The number of hydrogen-bond donors (Lipinski definition) is 2. The van der Waals surface area contributed by atoms with Gasteiger partial charge in [0.2, 0.25) is 15.9 Å². The lowest BCUT2D eigenvalue weighted by atomic mass is 10.2. The summed E-state index contributed by atoms with van der Waals surface area (Å²) < 4.78 is 32.3. The van der Waals surface area contributed by atoms with E-state index in [1.54, 1.807) is 17.5 Å². The maximum absolute atomic E-state index is 12.6. The number of anilines is 1. The van der Waals surface area contributed by atoms with Crippen molar-refractivity contribution >= 4 is 38.3 Å². The number of amides is 2. The van der Waals surface area contributed by atoms with Crippen LogP contribution in [0.5, 0.6) is 0 Å². The molecule has 2 aromatic heterocycles. The lowest BCUT2D eigenvalue weighted by molar-refractivity contribution is -0.119. The Labute approximate surface area is 189 Å². The van der Waals surface area contributed by atoms with Crippen molar-refractivity contribution in [2.75, 3.05) is 18.4 Å². The third-order valence-electron chi connectivity index (χ3n) is 4.97. The first-order chi connectivity index (χ1) is 15.3. The number of benzene rings is 1. The van der Waals surface area contributed by atoms with E-state index in [4.69, 9.17) is 4.42 Å². The second kappa shape index (κ2) is 9.23. The third kappa shape index (κ3) is 4.90. The average molecular weight is 475 g/mol. The molecule has 0 radical (unpaired) electrons. The minimum Gasteiger partial charge on any atom is -0.458 e. The zero-order chi connectivity index (χ0) is 22.7. The molecule has 168 valence electrons. The van der Waals surface area contributed by atoms with Gasteiger partial charge in [0.05, 0.1) is 11.4 Å². The highest BCUT2D eigenvalue weighted by molar-refractivity contribution is 7.89. The number of nitrogens with one attached hydrogen (secondary N) is 2. The second-order valence-corrected chi connectivity index (χ2v) is 10.1. The van der Waals surface area contributed by atoms with Crippen molar-refractivity contribution < 1.29 is 22.4 Å². The number of aromatic nitrogens is 1. The van der Waals surface area contributed by atoms with Gasteiger partial charge in [0.15, 0.2) is 10.9 Å². The Hall–Kier alpha value is -3.02. The molecule has 0 aliphatic carbocycles. The van der Waals surface area contributed by atoms with Gasteiger partial charge in [0, 0.05) is 31.0 Å². The molecule has 0 unspecified atom stereocenters. The van der Waals surface area contributed by atoms with Gasteiger partial charge < -0.3 is 9.73 Å². The topological polar surface area (TPSA) is 122 Å². The van der Waals surface area contributed by atoms with Gasteiger partial charge in [-0.1, -0.05) is 0 Å². The van der Waals surface area contributed by atoms with Gasteiger partial charge in [-0.05, 0) is 49.2 Å². The SMILES string of the molecule is CC(=O)NCc1ccc(-c2csc(NC(=O)c3ccc(S(=O)(=O)N4CCCC4)cc3)n2)o1. The van der Waals surface area contributed by atoms with Crippen LogP contribution < -0.4 is 10.6 Å². The molecule has 4 rings (SSSR count). The molecule has 1 saturated heterocycles. The first-order valence-corrected chi connectivity index (χ1v) is 12.4. The molecule has 2 N–H and O–H groups in total. The number of sulfonamides is 1. The minimum absolute atomic E-state index is 0.150. The van der Waals surface area contributed by atoms with Crippen molar-refractivity contribution in [3.63, 3.8) is 0 Å². The van der Waals surface area contributed by atoms with Crippen molar-refractivity contribution in [2.45, 2.75) is 31.2 Å². The van der Waals surface area contributed by atoms with Crippen LogP contribution in [0.1, 0.15) is 35.9 Å². The van der Waals surface area contributed by atoms with Crippen molar-refractivity contribution in [1.82, 2.24) is 14.6 Å². The van der Waals surface area contributed by atoms with Gasteiger partial charge in [-0.25, -0.2) is 13.4 Å². The molecule has 2 amide bonds. The smallest absolute Gasteiger partial charge is 0.257 e. The van der Waals surface area contributed by atoms with E-state index in [1.165, 1.54) is 46.8 Å². The molecule has 1 aliphatic rings. The maximum Gasteiger partial charge on any atom is 0.257 e. The molecule has 3 heterocycles. The fraction of sp³-hybridized carbons (Fsp3) is 0.286. The summed E-state index contributed by atoms with van der Waals surface area (Å²) in [4.78, 5) is 28.1. The zero-order valence-electron chi connectivity index (χ0n) is 17.3. The third-order valence-corrected chi connectivity index (χ3v) is 7.64.